The minimum absolute atomic E-state index is 0.368. The van der Waals surface area contributed by atoms with E-state index in [1.54, 1.807) is 0 Å². The van der Waals surface area contributed by atoms with Gasteiger partial charge in [0.25, 0.3) is 0 Å². The number of aromatic amines is 2. The van der Waals surface area contributed by atoms with Gasteiger partial charge in [0.05, 0.1) is 95.8 Å². The number of H-pyrrole nitrogens is 2. The van der Waals surface area contributed by atoms with E-state index in [0.29, 0.717) is 89.2 Å². The van der Waals surface area contributed by atoms with Crippen LogP contribution in [0.25, 0.3) is 44.8 Å². The van der Waals surface area contributed by atoms with E-state index in [9.17, 15) is 0 Å². The molecule has 19 nitrogen and oxygen atoms in total. The lowest BCUT2D eigenvalue weighted by atomic mass is 10.0. The largest absolute Gasteiger partial charge is 0.494 e. The van der Waals surface area contributed by atoms with Crippen molar-refractivity contribution in [3.8, 4) is 57.3 Å². The Balaban J connectivity index is 0.759. The molecule has 0 unspecified atom stereocenters. The molecule has 0 spiro atoms. The van der Waals surface area contributed by atoms with Crippen molar-refractivity contribution < 1.29 is 28.4 Å². The molecule has 2 N–H and O–H groups in total. The van der Waals surface area contributed by atoms with Crippen molar-refractivity contribution in [3.63, 3.8) is 0 Å². The molecule has 6 aromatic carbocycles. The molecule has 2 aliphatic heterocycles. The predicted octanol–water partition coefficient (Wildman–Crippen LogP) is 11.1. The standard InChI is InChI=1S/C69H83N13O6/c1-78(2)27-9-32-83-52-16-22-58-49(38-52)40-62(70-58)47-14-21-57(69-73-61-25-19-55(45-65(61)75-69)86-35-12-30-81(7)8)67(42-47)87-36-13-31-82-46-51(76-77-82)26-37-88-66-43-48(68-72-60-24-18-54(44-64(60)74-68)85-34-11-29-80(5)6)15-20-56(66)63-41-50-39-53(17-23-59(50)71-63)84-33-10-28-79(3)4/h14-25,38-39,42-46H,9-13,26-37,40-41H2,1-8H3,(H,72,74)(H,73,75). The number of nitrogens with zero attached hydrogens (tertiary/aromatic N) is 11. The van der Waals surface area contributed by atoms with Crippen LogP contribution >= 0.6 is 0 Å². The summed E-state index contributed by atoms with van der Waals surface area (Å²) in [4.78, 5) is 36.0. The Hall–Kier alpha value is -8.62. The first-order valence-electron chi connectivity index (χ1n) is 30.8. The number of aryl methyl sites for hydroxylation is 1. The third kappa shape index (κ3) is 16.1. The summed E-state index contributed by atoms with van der Waals surface area (Å²) in [6.07, 6.45) is 8.34. The van der Waals surface area contributed by atoms with E-state index in [2.05, 4.69) is 151 Å². The van der Waals surface area contributed by atoms with Gasteiger partial charge >= 0.3 is 0 Å². The van der Waals surface area contributed by atoms with Crippen LogP contribution in [-0.2, 0) is 25.8 Å². The molecule has 88 heavy (non-hydrogen) atoms. The maximum Gasteiger partial charge on any atom is 0.142 e. The van der Waals surface area contributed by atoms with Crippen LogP contribution in [0.5, 0.6) is 34.5 Å². The Morgan fingerprint density at radius 3 is 1.50 bits per heavy atom. The molecule has 11 rings (SSSR count). The predicted molar refractivity (Wildman–Crippen MR) is 350 cm³/mol. The number of hydrogen-bond acceptors (Lipinski definition) is 16. The van der Waals surface area contributed by atoms with Gasteiger partial charge in [-0.1, -0.05) is 17.3 Å². The highest BCUT2D eigenvalue weighted by Gasteiger charge is 2.24. The van der Waals surface area contributed by atoms with Crippen LogP contribution < -0.4 is 28.4 Å². The third-order valence-corrected chi connectivity index (χ3v) is 15.4. The average molecular weight is 1190 g/mol. The molecular weight excluding hydrogens is 1110 g/mol. The Morgan fingerprint density at radius 1 is 0.443 bits per heavy atom. The highest BCUT2D eigenvalue weighted by Crippen LogP contribution is 2.39. The molecule has 19 heteroatoms. The normalized spacial score (nSPS) is 12.9. The summed E-state index contributed by atoms with van der Waals surface area (Å²) >= 11 is 0. The molecule has 0 atom stereocenters. The first-order chi connectivity index (χ1) is 42.8. The van der Waals surface area contributed by atoms with E-state index >= 15 is 0 Å². The van der Waals surface area contributed by atoms with Crippen molar-refractivity contribution in [2.24, 2.45) is 9.98 Å². The van der Waals surface area contributed by atoms with Gasteiger partial charge < -0.3 is 58.0 Å². The lowest BCUT2D eigenvalue weighted by molar-refractivity contribution is 0.281. The van der Waals surface area contributed by atoms with E-state index < -0.39 is 0 Å². The number of nitrogens with one attached hydrogen (secondary N) is 2. The van der Waals surface area contributed by atoms with Crippen LogP contribution in [0.2, 0.25) is 0 Å². The third-order valence-electron chi connectivity index (χ3n) is 15.4. The molecule has 0 fully saturated rings. The SMILES string of the molecule is CN(C)CCCOc1ccc2c(c1)CC(c1ccc(-c3nc4ccc(OCCCN(C)C)cc4[nH]3)c(OCCCn3cc(CCOc4cc(-c5nc6ccc(OCCCN(C)C)cc6[nH]5)ccc4C4=Nc5ccc(OCCCN(C)C)cc5C4)nn3)c1)=N2. The van der Waals surface area contributed by atoms with E-state index in [1.807, 2.05) is 65.5 Å². The Labute approximate surface area is 516 Å². The smallest absolute Gasteiger partial charge is 0.142 e. The number of aromatic nitrogens is 7. The number of hydrogen-bond donors (Lipinski definition) is 2. The van der Waals surface area contributed by atoms with Gasteiger partial charge in [-0.2, -0.15) is 0 Å². The van der Waals surface area contributed by atoms with Gasteiger partial charge in [0.15, 0.2) is 0 Å². The van der Waals surface area contributed by atoms with Gasteiger partial charge in [0.1, 0.15) is 46.1 Å². The Morgan fingerprint density at radius 2 is 0.909 bits per heavy atom. The van der Waals surface area contributed by atoms with Gasteiger partial charge in [0, 0.05) is 93.4 Å². The molecule has 0 saturated carbocycles. The number of fused-ring (bicyclic) bond motifs is 4. The van der Waals surface area contributed by atoms with Gasteiger partial charge in [-0.25, -0.2) is 9.97 Å². The van der Waals surface area contributed by atoms with Gasteiger partial charge in [-0.05, 0) is 178 Å². The summed E-state index contributed by atoms with van der Waals surface area (Å²) in [5.74, 6) is 6.21. The van der Waals surface area contributed by atoms with Crippen LogP contribution in [-0.4, -0.2) is 188 Å². The number of aliphatic imine (C=N–C) groups is 2. The molecular formula is C69H83N13O6. The topological polar surface area (TPSA) is 181 Å². The van der Waals surface area contributed by atoms with Crippen molar-refractivity contribution in [2.75, 3.05) is 122 Å². The number of rotatable bonds is 33. The summed E-state index contributed by atoms with van der Waals surface area (Å²) in [5.41, 5.74) is 14.0. The van der Waals surface area contributed by atoms with E-state index in [0.717, 1.165) is 165 Å². The minimum Gasteiger partial charge on any atom is -0.494 e. The zero-order chi connectivity index (χ0) is 60.9. The first kappa shape index (κ1) is 61.0. The molecule has 3 aromatic heterocycles. The number of imidazole rings is 2. The molecule has 0 bridgehead atoms. The van der Waals surface area contributed by atoms with E-state index in [4.69, 9.17) is 48.4 Å². The summed E-state index contributed by atoms with van der Waals surface area (Å²) < 4.78 is 39.8. The lowest BCUT2D eigenvalue weighted by Crippen LogP contribution is -2.15. The zero-order valence-electron chi connectivity index (χ0n) is 52.3. The second-order valence-corrected chi connectivity index (χ2v) is 23.8. The van der Waals surface area contributed by atoms with Gasteiger partial charge in [-0.15, -0.1) is 5.10 Å². The van der Waals surface area contributed by atoms with Crippen LogP contribution in [0.15, 0.2) is 125 Å². The molecule has 0 saturated heterocycles. The molecule has 2 aliphatic rings. The van der Waals surface area contributed by atoms with Crippen LogP contribution in [0, 0.1) is 0 Å². The molecule has 0 amide bonds. The highest BCUT2D eigenvalue weighted by molar-refractivity contribution is 6.09. The molecule has 0 aliphatic carbocycles. The highest BCUT2D eigenvalue weighted by atomic mass is 16.5. The summed E-state index contributed by atoms with van der Waals surface area (Å²) in [6, 6.07) is 36.9. The zero-order valence-corrected chi connectivity index (χ0v) is 52.3. The van der Waals surface area contributed by atoms with Crippen molar-refractivity contribution in [2.45, 2.75) is 57.9 Å². The van der Waals surface area contributed by atoms with Crippen molar-refractivity contribution in [1.29, 1.82) is 0 Å². The second kappa shape index (κ2) is 28.9. The average Bonchev–Trinajstić information content (AvgIpc) is 2.63. The van der Waals surface area contributed by atoms with Gasteiger partial charge in [-0.3, -0.25) is 14.7 Å². The Kier molecular flexibility index (Phi) is 20.1. The first-order valence-corrected chi connectivity index (χ1v) is 30.8. The summed E-state index contributed by atoms with van der Waals surface area (Å²) in [7, 11) is 16.6. The lowest BCUT2D eigenvalue weighted by Gasteiger charge is -2.13. The quantitative estimate of drug-likeness (QED) is 0.0371. The number of benzene rings is 6. The molecule has 9 aromatic rings. The van der Waals surface area contributed by atoms with Crippen LogP contribution in [0.3, 0.4) is 0 Å². The fourth-order valence-electron chi connectivity index (χ4n) is 10.8. The number of ether oxygens (including phenoxy) is 6. The van der Waals surface area contributed by atoms with Crippen LogP contribution in [0.4, 0.5) is 11.4 Å². The van der Waals surface area contributed by atoms with Gasteiger partial charge in [0.2, 0.25) is 0 Å². The fourth-order valence-corrected chi connectivity index (χ4v) is 10.8. The van der Waals surface area contributed by atoms with Crippen LogP contribution in [0.1, 0.15) is 60.1 Å². The maximum atomic E-state index is 6.74. The van der Waals surface area contributed by atoms with Crippen molar-refractivity contribution >= 4 is 44.9 Å². The second-order valence-electron chi connectivity index (χ2n) is 23.8. The monoisotopic (exact) mass is 1190 g/mol. The molecule has 0 radical (unpaired) electrons. The molecule has 5 heterocycles. The maximum absolute atomic E-state index is 6.74. The fraction of sp³-hybridized carbons (Fsp3) is 0.391. The molecule has 460 valence electrons. The summed E-state index contributed by atoms with van der Waals surface area (Å²) in [6.45, 7) is 7.85. The minimum atomic E-state index is 0.368. The summed E-state index contributed by atoms with van der Waals surface area (Å²) in [5, 5.41) is 9.11. The Bertz CT molecular complexity index is 3880. The van der Waals surface area contributed by atoms with Crippen molar-refractivity contribution in [1.82, 2.24) is 54.5 Å². The van der Waals surface area contributed by atoms with Crippen molar-refractivity contribution in [3.05, 3.63) is 143 Å². The van der Waals surface area contributed by atoms with E-state index in [-0.39, 0.29) is 0 Å². The van der Waals surface area contributed by atoms with E-state index in [1.165, 1.54) is 0 Å².